The number of aliphatic hydroxyl groups is 1. The smallest absolute Gasteiger partial charge is 0.0675 e. The molecule has 0 aliphatic carbocycles. The number of ether oxygens (including phenoxy) is 1. The minimum absolute atomic E-state index is 0.304. The maximum absolute atomic E-state index is 9.23. The van der Waals surface area contributed by atoms with Crippen LogP contribution < -0.4 is 0 Å². The highest BCUT2D eigenvalue weighted by atomic mass is 35.5. The third-order valence-electron chi connectivity index (χ3n) is 2.67. The van der Waals surface area contributed by atoms with Crippen LogP contribution in [-0.2, 0) is 4.74 Å². The van der Waals surface area contributed by atoms with E-state index in [1.165, 1.54) is 19.3 Å². The molecule has 3 heteroatoms. The Morgan fingerprint density at radius 3 is 2.69 bits per heavy atom. The van der Waals surface area contributed by atoms with Crippen LogP contribution in [-0.4, -0.2) is 30.3 Å². The van der Waals surface area contributed by atoms with Gasteiger partial charge in [-0.3, -0.25) is 0 Å². The topological polar surface area (TPSA) is 29.5 Å². The van der Waals surface area contributed by atoms with Gasteiger partial charge in [-0.2, -0.15) is 0 Å². The highest BCUT2D eigenvalue weighted by Gasteiger charge is 2.13. The first kappa shape index (κ1) is 11.3. The standard InChI is InChI=1S/C10H19ClO2/c11-8-10(12)3-1-2-9-4-6-13-7-5-9/h9-10,12H,1-8H2. The lowest BCUT2D eigenvalue weighted by Crippen LogP contribution is -2.16. The summed E-state index contributed by atoms with van der Waals surface area (Å²) in [5.41, 5.74) is 0. The monoisotopic (exact) mass is 206 g/mol. The Kier molecular flexibility index (Phi) is 5.76. The second kappa shape index (κ2) is 6.63. The van der Waals surface area contributed by atoms with Crippen LogP contribution in [0.2, 0.25) is 0 Å². The van der Waals surface area contributed by atoms with Crippen molar-refractivity contribution >= 4 is 11.6 Å². The summed E-state index contributed by atoms with van der Waals surface area (Å²) in [4.78, 5) is 0. The SMILES string of the molecule is OC(CCl)CCCC1CCOCC1. The van der Waals surface area contributed by atoms with Crippen LogP contribution in [0.15, 0.2) is 0 Å². The van der Waals surface area contributed by atoms with Gasteiger partial charge in [0.2, 0.25) is 0 Å². The van der Waals surface area contributed by atoms with Crippen molar-refractivity contribution in [3.8, 4) is 0 Å². The first-order chi connectivity index (χ1) is 6.33. The molecule has 78 valence electrons. The summed E-state index contributed by atoms with van der Waals surface area (Å²) in [5, 5.41) is 9.23. The molecular formula is C10H19ClO2. The van der Waals surface area contributed by atoms with Crippen molar-refractivity contribution in [1.82, 2.24) is 0 Å². The zero-order chi connectivity index (χ0) is 9.52. The van der Waals surface area contributed by atoms with Crippen LogP contribution in [0.25, 0.3) is 0 Å². The molecule has 0 aromatic carbocycles. The van der Waals surface area contributed by atoms with E-state index in [0.717, 1.165) is 32.0 Å². The third-order valence-corrected chi connectivity index (χ3v) is 3.02. The molecule has 2 nitrogen and oxygen atoms in total. The average Bonchev–Trinajstić information content (AvgIpc) is 2.19. The van der Waals surface area contributed by atoms with Gasteiger partial charge >= 0.3 is 0 Å². The van der Waals surface area contributed by atoms with E-state index in [0.29, 0.717) is 5.88 Å². The van der Waals surface area contributed by atoms with Gasteiger partial charge in [-0.25, -0.2) is 0 Å². The minimum atomic E-state index is -0.304. The second-order valence-corrected chi connectivity index (χ2v) is 4.10. The molecule has 1 aliphatic rings. The Bertz CT molecular complexity index is 124. The van der Waals surface area contributed by atoms with Crippen molar-refractivity contribution in [3.63, 3.8) is 0 Å². The molecule has 13 heavy (non-hydrogen) atoms. The lowest BCUT2D eigenvalue weighted by Gasteiger charge is -2.22. The predicted molar refractivity (Wildman–Crippen MR) is 54.1 cm³/mol. The summed E-state index contributed by atoms with van der Waals surface area (Å²) >= 11 is 5.50. The summed E-state index contributed by atoms with van der Waals surface area (Å²) in [6.45, 7) is 1.84. The van der Waals surface area contributed by atoms with Crippen molar-refractivity contribution in [2.45, 2.75) is 38.2 Å². The van der Waals surface area contributed by atoms with Crippen LogP contribution in [0, 0.1) is 5.92 Å². The van der Waals surface area contributed by atoms with Gasteiger partial charge in [-0.15, -0.1) is 11.6 Å². The number of hydrogen-bond donors (Lipinski definition) is 1. The largest absolute Gasteiger partial charge is 0.392 e. The number of halogens is 1. The van der Waals surface area contributed by atoms with Gasteiger partial charge in [-0.05, 0) is 25.2 Å². The Morgan fingerprint density at radius 2 is 2.08 bits per heavy atom. The van der Waals surface area contributed by atoms with Crippen LogP contribution in [0.4, 0.5) is 0 Å². The molecular weight excluding hydrogens is 188 g/mol. The number of aliphatic hydroxyl groups excluding tert-OH is 1. The first-order valence-electron chi connectivity index (χ1n) is 5.14. The Balaban J connectivity index is 1.98. The molecule has 1 unspecified atom stereocenters. The van der Waals surface area contributed by atoms with E-state index in [1.807, 2.05) is 0 Å². The van der Waals surface area contributed by atoms with Gasteiger partial charge in [0.1, 0.15) is 0 Å². The molecule has 0 amide bonds. The molecule has 1 atom stereocenters. The maximum atomic E-state index is 9.23. The van der Waals surface area contributed by atoms with Gasteiger partial charge < -0.3 is 9.84 Å². The third kappa shape index (κ3) is 4.84. The van der Waals surface area contributed by atoms with Gasteiger partial charge in [0.15, 0.2) is 0 Å². The van der Waals surface area contributed by atoms with Crippen LogP contribution in [0.3, 0.4) is 0 Å². The van der Waals surface area contributed by atoms with Crippen molar-refractivity contribution in [2.24, 2.45) is 5.92 Å². The van der Waals surface area contributed by atoms with Crippen molar-refractivity contribution in [2.75, 3.05) is 19.1 Å². The molecule has 1 saturated heterocycles. The Hall–Kier alpha value is 0.210. The zero-order valence-electron chi connectivity index (χ0n) is 8.04. The molecule has 0 aromatic heterocycles. The summed E-state index contributed by atoms with van der Waals surface area (Å²) in [5.74, 6) is 1.18. The fourth-order valence-corrected chi connectivity index (χ4v) is 1.91. The first-order valence-corrected chi connectivity index (χ1v) is 5.68. The van der Waals surface area contributed by atoms with E-state index in [1.54, 1.807) is 0 Å². The van der Waals surface area contributed by atoms with E-state index < -0.39 is 0 Å². The minimum Gasteiger partial charge on any atom is -0.392 e. The van der Waals surface area contributed by atoms with Gasteiger partial charge in [-0.1, -0.05) is 12.8 Å². The molecule has 1 rings (SSSR count). The normalized spacial score (nSPS) is 21.7. The average molecular weight is 207 g/mol. The van der Waals surface area contributed by atoms with Crippen molar-refractivity contribution < 1.29 is 9.84 Å². The number of hydrogen-bond acceptors (Lipinski definition) is 2. The fourth-order valence-electron chi connectivity index (χ4n) is 1.75. The Morgan fingerprint density at radius 1 is 1.38 bits per heavy atom. The lowest BCUT2D eigenvalue weighted by molar-refractivity contribution is 0.0618. The van der Waals surface area contributed by atoms with E-state index >= 15 is 0 Å². The molecule has 0 radical (unpaired) electrons. The van der Waals surface area contributed by atoms with Crippen molar-refractivity contribution in [1.29, 1.82) is 0 Å². The van der Waals surface area contributed by atoms with Crippen LogP contribution in [0.5, 0.6) is 0 Å². The summed E-state index contributed by atoms with van der Waals surface area (Å²) in [6, 6.07) is 0. The molecule has 1 fully saturated rings. The highest BCUT2D eigenvalue weighted by molar-refractivity contribution is 6.18. The van der Waals surface area contributed by atoms with Crippen LogP contribution >= 0.6 is 11.6 Å². The van der Waals surface area contributed by atoms with Gasteiger partial charge in [0.25, 0.3) is 0 Å². The quantitative estimate of drug-likeness (QED) is 0.699. The predicted octanol–water partition coefficient (Wildman–Crippen LogP) is 2.18. The molecule has 0 bridgehead atoms. The van der Waals surface area contributed by atoms with Gasteiger partial charge in [0, 0.05) is 19.1 Å². The zero-order valence-corrected chi connectivity index (χ0v) is 8.80. The van der Waals surface area contributed by atoms with Gasteiger partial charge in [0.05, 0.1) is 6.10 Å². The summed E-state index contributed by atoms with van der Waals surface area (Å²) in [6.07, 6.45) is 5.24. The molecule has 1 N–H and O–H groups in total. The highest BCUT2D eigenvalue weighted by Crippen LogP contribution is 2.21. The molecule has 1 heterocycles. The number of rotatable bonds is 5. The molecule has 1 aliphatic heterocycles. The molecule has 0 saturated carbocycles. The van der Waals surface area contributed by atoms with Crippen LogP contribution in [0.1, 0.15) is 32.1 Å². The summed E-state index contributed by atoms with van der Waals surface area (Å²) < 4.78 is 5.28. The lowest BCUT2D eigenvalue weighted by atomic mass is 9.93. The molecule has 0 aromatic rings. The Labute approximate surface area is 85.2 Å². The second-order valence-electron chi connectivity index (χ2n) is 3.79. The van der Waals surface area contributed by atoms with E-state index in [-0.39, 0.29) is 6.10 Å². The van der Waals surface area contributed by atoms with Crippen molar-refractivity contribution in [3.05, 3.63) is 0 Å². The summed E-state index contributed by atoms with van der Waals surface area (Å²) in [7, 11) is 0. The maximum Gasteiger partial charge on any atom is 0.0675 e. The van der Waals surface area contributed by atoms with E-state index in [9.17, 15) is 5.11 Å². The van der Waals surface area contributed by atoms with E-state index in [4.69, 9.17) is 16.3 Å². The fraction of sp³-hybridized carbons (Fsp3) is 1.00. The number of alkyl halides is 1. The van der Waals surface area contributed by atoms with E-state index in [2.05, 4.69) is 0 Å². The molecule has 0 spiro atoms.